The average molecular weight is 333 g/mol. The monoisotopic (exact) mass is 332 g/mol. The summed E-state index contributed by atoms with van der Waals surface area (Å²) in [4.78, 5) is 11.3. The van der Waals surface area contributed by atoms with Gasteiger partial charge in [0.15, 0.2) is 6.29 Å². The molecule has 0 radical (unpaired) electrons. The van der Waals surface area contributed by atoms with Gasteiger partial charge in [0.05, 0.1) is 11.6 Å². The van der Waals surface area contributed by atoms with Gasteiger partial charge in [-0.05, 0) is 18.9 Å². The Kier molecular flexibility index (Phi) is 4.01. The fourth-order valence-electron chi connectivity index (χ4n) is 2.89. The highest BCUT2D eigenvalue weighted by Gasteiger charge is 2.19. The van der Waals surface area contributed by atoms with Gasteiger partial charge >= 0.3 is 0 Å². The van der Waals surface area contributed by atoms with Gasteiger partial charge in [0.2, 0.25) is 0 Å². The molecule has 1 heterocycles. The van der Waals surface area contributed by atoms with Crippen LogP contribution in [0.5, 0.6) is 0 Å². The summed E-state index contributed by atoms with van der Waals surface area (Å²) in [6.45, 7) is 0. The van der Waals surface area contributed by atoms with Crippen molar-refractivity contribution in [2.75, 3.05) is 0 Å². The zero-order chi connectivity index (χ0) is 13.9. The molecular formula is C16H17BrN2O. The van der Waals surface area contributed by atoms with Crippen LogP contribution in [-0.4, -0.2) is 16.1 Å². The summed E-state index contributed by atoms with van der Waals surface area (Å²) in [5.74, 6) is 0. The van der Waals surface area contributed by atoms with Crippen molar-refractivity contribution in [2.45, 2.75) is 38.1 Å². The van der Waals surface area contributed by atoms with Gasteiger partial charge in [0.1, 0.15) is 5.69 Å². The summed E-state index contributed by atoms with van der Waals surface area (Å²) in [5, 5.41) is 4.69. The Bertz CT molecular complexity index is 615. The number of carbonyl (C=O) groups excluding carboxylic acids is 1. The van der Waals surface area contributed by atoms with E-state index in [-0.39, 0.29) is 0 Å². The highest BCUT2D eigenvalue weighted by molar-refractivity contribution is 9.10. The molecule has 1 aromatic heterocycles. The highest BCUT2D eigenvalue weighted by atomic mass is 79.9. The molecule has 104 valence electrons. The van der Waals surface area contributed by atoms with Crippen LogP contribution < -0.4 is 0 Å². The number of aldehydes is 1. The van der Waals surface area contributed by atoms with Crippen LogP contribution in [0.1, 0.15) is 48.5 Å². The molecule has 1 fully saturated rings. The minimum atomic E-state index is 0.443. The van der Waals surface area contributed by atoms with Crippen molar-refractivity contribution in [3.63, 3.8) is 0 Å². The lowest BCUT2D eigenvalue weighted by atomic mass is 9.96. The maximum atomic E-state index is 11.3. The largest absolute Gasteiger partial charge is 0.298 e. The zero-order valence-electron chi connectivity index (χ0n) is 11.3. The summed E-state index contributed by atoms with van der Waals surface area (Å²) >= 11 is 3.54. The van der Waals surface area contributed by atoms with Gasteiger partial charge in [-0.3, -0.25) is 9.48 Å². The molecule has 1 aliphatic carbocycles. The molecule has 3 rings (SSSR count). The molecule has 1 aromatic carbocycles. The summed E-state index contributed by atoms with van der Waals surface area (Å²) in [6.07, 6.45) is 8.95. The molecular weight excluding hydrogens is 316 g/mol. The van der Waals surface area contributed by atoms with E-state index in [0.29, 0.717) is 11.6 Å². The van der Waals surface area contributed by atoms with E-state index in [9.17, 15) is 4.79 Å². The number of rotatable bonds is 3. The van der Waals surface area contributed by atoms with Gasteiger partial charge in [0, 0.05) is 16.2 Å². The van der Waals surface area contributed by atoms with Crippen LogP contribution in [0.4, 0.5) is 0 Å². The molecule has 3 nitrogen and oxygen atoms in total. The topological polar surface area (TPSA) is 34.9 Å². The van der Waals surface area contributed by atoms with Gasteiger partial charge < -0.3 is 0 Å². The Morgan fingerprint density at radius 2 is 1.95 bits per heavy atom. The molecule has 2 aromatic rings. The predicted octanol–water partition coefficient (Wildman–Crippen LogP) is 4.63. The van der Waals surface area contributed by atoms with E-state index >= 15 is 0 Å². The number of nitrogens with zero attached hydrogens (tertiary/aromatic N) is 2. The van der Waals surface area contributed by atoms with Crippen molar-refractivity contribution >= 4 is 22.2 Å². The number of hydrogen-bond donors (Lipinski definition) is 0. The molecule has 1 saturated carbocycles. The van der Waals surface area contributed by atoms with Crippen molar-refractivity contribution in [1.82, 2.24) is 9.78 Å². The summed E-state index contributed by atoms with van der Waals surface area (Å²) in [5.41, 5.74) is 2.42. The molecule has 4 heteroatoms. The van der Waals surface area contributed by atoms with Crippen LogP contribution in [0.2, 0.25) is 0 Å². The fourth-order valence-corrected chi connectivity index (χ4v) is 3.36. The van der Waals surface area contributed by atoms with E-state index in [1.54, 1.807) is 0 Å². The second-order valence-corrected chi connectivity index (χ2v) is 6.16. The van der Waals surface area contributed by atoms with E-state index in [2.05, 4.69) is 15.9 Å². The van der Waals surface area contributed by atoms with Crippen molar-refractivity contribution in [2.24, 2.45) is 0 Å². The quantitative estimate of drug-likeness (QED) is 0.768. The molecule has 0 N–H and O–H groups in total. The Balaban J connectivity index is 2.01. The lowest BCUT2D eigenvalue weighted by Crippen LogP contribution is -2.13. The van der Waals surface area contributed by atoms with E-state index < -0.39 is 0 Å². The molecule has 0 amide bonds. The molecule has 0 spiro atoms. The number of hydrogen-bond acceptors (Lipinski definition) is 2. The first-order chi connectivity index (χ1) is 9.79. The standard InChI is InChI=1S/C16H17BrN2O/c17-15-9-5-4-8-14(15)16-12(11-20)10-19(18-16)13-6-2-1-3-7-13/h4-5,8-11,13H,1-3,6-7H2. The lowest BCUT2D eigenvalue weighted by molar-refractivity contribution is 0.112. The maximum Gasteiger partial charge on any atom is 0.153 e. The molecule has 0 atom stereocenters. The second-order valence-electron chi connectivity index (χ2n) is 5.30. The van der Waals surface area contributed by atoms with Crippen LogP contribution in [-0.2, 0) is 0 Å². The van der Waals surface area contributed by atoms with E-state index in [0.717, 1.165) is 34.9 Å². The molecule has 1 aliphatic rings. The Labute approximate surface area is 127 Å². The van der Waals surface area contributed by atoms with Crippen LogP contribution in [0.25, 0.3) is 11.3 Å². The molecule has 0 unspecified atom stereocenters. The molecule has 0 bridgehead atoms. The van der Waals surface area contributed by atoms with E-state index in [4.69, 9.17) is 5.10 Å². The molecule has 0 saturated heterocycles. The Hall–Kier alpha value is -1.42. The fraction of sp³-hybridized carbons (Fsp3) is 0.375. The second kappa shape index (κ2) is 5.92. The summed E-state index contributed by atoms with van der Waals surface area (Å²) < 4.78 is 2.97. The smallest absolute Gasteiger partial charge is 0.153 e. The SMILES string of the molecule is O=Cc1cn(C2CCCCC2)nc1-c1ccccc1Br. The summed E-state index contributed by atoms with van der Waals surface area (Å²) in [7, 11) is 0. The van der Waals surface area contributed by atoms with Crippen molar-refractivity contribution < 1.29 is 4.79 Å². The number of aromatic nitrogens is 2. The van der Waals surface area contributed by atoms with Gasteiger partial charge in [0.25, 0.3) is 0 Å². The first-order valence-corrected chi connectivity index (χ1v) is 7.88. The van der Waals surface area contributed by atoms with E-state index in [1.165, 1.54) is 19.3 Å². The van der Waals surface area contributed by atoms with E-state index in [1.807, 2.05) is 35.1 Å². The third-order valence-electron chi connectivity index (χ3n) is 3.97. The van der Waals surface area contributed by atoms with Crippen molar-refractivity contribution in [3.8, 4) is 11.3 Å². The molecule has 0 aliphatic heterocycles. The van der Waals surface area contributed by atoms with Gasteiger partial charge in [-0.25, -0.2) is 0 Å². The maximum absolute atomic E-state index is 11.3. The average Bonchev–Trinajstić information content (AvgIpc) is 2.93. The van der Waals surface area contributed by atoms with Crippen LogP contribution in [0.15, 0.2) is 34.9 Å². The third-order valence-corrected chi connectivity index (χ3v) is 4.66. The van der Waals surface area contributed by atoms with Crippen LogP contribution in [0, 0.1) is 0 Å². The Morgan fingerprint density at radius 3 is 2.65 bits per heavy atom. The van der Waals surface area contributed by atoms with Gasteiger partial charge in [-0.1, -0.05) is 53.4 Å². The Morgan fingerprint density at radius 1 is 1.20 bits per heavy atom. The first kappa shape index (κ1) is 13.6. The van der Waals surface area contributed by atoms with Crippen molar-refractivity contribution in [3.05, 3.63) is 40.5 Å². The minimum Gasteiger partial charge on any atom is -0.298 e. The lowest BCUT2D eigenvalue weighted by Gasteiger charge is -2.21. The van der Waals surface area contributed by atoms with Gasteiger partial charge in [-0.2, -0.15) is 5.10 Å². The van der Waals surface area contributed by atoms with Crippen molar-refractivity contribution in [1.29, 1.82) is 0 Å². The number of benzene rings is 1. The zero-order valence-corrected chi connectivity index (χ0v) is 12.8. The molecule has 20 heavy (non-hydrogen) atoms. The third kappa shape index (κ3) is 2.57. The van der Waals surface area contributed by atoms with Crippen LogP contribution in [0.3, 0.4) is 0 Å². The first-order valence-electron chi connectivity index (χ1n) is 7.09. The normalized spacial score (nSPS) is 16.2. The summed E-state index contributed by atoms with van der Waals surface area (Å²) in [6, 6.07) is 8.34. The highest BCUT2D eigenvalue weighted by Crippen LogP contribution is 2.32. The minimum absolute atomic E-state index is 0.443. The van der Waals surface area contributed by atoms with Gasteiger partial charge in [-0.15, -0.1) is 0 Å². The number of halogens is 1. The predicted molar refractivity (Wildman–Crippen MR) is 82.9 cm³/mol. The van der Waals surface area contributed by atoms with Crippen LogP contribution >= 0.6 is 15.9 Å². The number of carbonyl (C=O) groups is 1.